The summed E-state index contributed by atoms with van der Waals surface area (Å²) < 4.78 is 0. The topological polar surface area (TPSA) is 115 Å². The number of carbonyl (C=O) groups is 2. The molecule has 0 bridgehead atoms. The number of nitro benzene ring substituents is 1. The van der Waals surface area contributed by atoms with Gasteiger partial charge in [0.05, 0.1) is 16.2 Å². The molecule has 0 radical (unpaired) electrons. The lowest BCUT2D eigenvalue weighted by Gasteiger charge is -2.04. The molecule has 2 aromatic rings. The van der Waals surface area contributed by atoms with Crippen LogP contribution in [0.25, 0.3) is 0 Å². The van der Waals surface area contributed by atoms with E-state index in [1.165, 1.54) is 35.2 Å². The number of nitrogens with zero attached hydrogens (tertiary/aromatic N) is 1. The first kappa shape index (κ1) is 16.0. The van der Waals surface area contributed by atoms with Gasteiger partial charge in [0, 0.05) is 17.0 Å². The predicted molar refractivity (Wildman–Crippen MR) is 85.3 cm³/mol. The molecule has 0 aliphatic heterocycles. The van der Waals surface area contributed by atoms with E-state index in [0.717, 1.165) is 4.90 Å². The van der Waals surface area contributed by atoms with Crippen LogP contribution in [0, 0.1) is 10.1 Å². The van der Waals surface area contributed by atoms with Crippen molar-refractivity contribution >= 4 is 45.6 Å². The second-order valence-corrected chi connectivity index (χ2v) is 6.08. The van der Waals surface area contributed by atoms with Crippen molar-refractivity contribution in [2.24, 2.45) is 5.73 Å². The van der Waals surface area contributed by atoms with Gasteiger partial charge in [0.15, 0.2) is 0 Å². The van der Waals surface area contributed by atoms with Gasteiger partial charge in [0.25, 0.3) is 11.6 Å². The van der Waals surface area contributed by atoms with Crippen LogP contribution in [-0.2, 0) is 4.79 Å². The number of anilines is 1. The summed E-state index contributed by atoms with van der Waals surface area (Å²) in [7, 11) is 0. The molecule has 3 N–H and O–H groups in total. The van der Waals surface area contributed by atoms with Crippen LogP contribution in [0.3, 0.4) is 0 Å². The fourth-order valence-corrected chi connectivity index (χ4v) is 3.08. The molecule has 0 spiro atoms. The summed E-state index contributed by atoms with van der Waals surface area (Å²) in [6, 6.07) is 7.47. The molecule has 2 rings (SSSR count). The molecule has 2 amide bonds. The third-order valence-corrected chi connectivity index (χ3v) is 4.44. The van der Waals surface area contributed by atoms with Gasteiger partial charge in [-0.15, -0.1) is 23.1 Å². The van der Waals surface area contributed by atoms with E-state index in [4.69, 9.17) is 5.73 Å². The van der Waals surface area contributed by atoms with Gasteiger partial charge >= 0.3 is 0 Å². The summed E-state index contributed by atoms with van der Waals surface area (Å²) in [5.74, 6) is -0.763. The molecule has 0 fully saturated rings. The average molecular weight is 337 g/mol. The minimum atomic E-state index is -0.598. The lowest BCUT2D eigenvalue weighted by Crippen LogP contribution is -2.17. The van der Waals surface area contributed by atoms with Crippen molar-refractivity contribution in [2.45, 2.75) is 4.90 Å². The molecule has 0 atom stereocenters. The highest BCUT2D eigenvalue weighted by atomic mass is 32.2. The fraction of sp³-hybridized carbons (Fsp3) is 0.0769. The minimum absolute atomic E-state index is 0.00140. The molecular weight excluding hydrogens is 326 g/mol. The lowest BCUT2D eigenvalue weighted by atomic mass is 10.3. The van der Waals surface area contributed by atoms with Crippen LogP contribution >= 0.6 is 23.1 Å². The maximum Gasteiger partial charge on any atom is 0.269 e. The minimum Gasteiger partial charge on any atom is -0.366 e. The SMILES string of the molecule is NC(=O)c1ccsc1NC(=O)CSc1ccc([N+](=O)[O-])cc1. The number of thioether (sulfide) groups is 1. The van der Waals surface area contributed by atoms with Crippen molar-refractivity contribution in [3.8, 4) is 0 Å². The summed E-state index contributed by atoms with van der Waals surface area (Å²) in [4.78, 5) is 33.8. The monoisotopic (exact) mass is 337 g/mol. The number of non-ortho nitro benzene ring substituents is 1. The fourth-order valence-electron chi connectivity index (χ4n) is 1.58. The summed E-state index contributed by atoms with van der Waals surface area (Å²) in [5, 5.41) is 15.2. The Morgan fingerprint density at radius 3 is 2.55 bits per heavy atom. The quantitative estimate of drug-likeness (QED) is 0.477. The first-order chi connectivity index (χ1) is 10.5. The molecule has 0 aliphatic carbocycles. The van der Waals surface area contributed by atoms with E-state index >= 15 is 0 Å². The first-order valence-electron chi connectivity index (χ1n) is 6.02. The summed E-state index contributed by atoms with van der Waals surface area (Å²) >= 11 is 2.45. The number of rotatable bonds is 6. The summed E-state index contributed by atoms with van der Waals surface area (Å²) in [6.07, 6.45) is 0. The van der Waals surface area contributed by atoms with Crippen molar-refractivity contribution in [1.82, 2.24) is 0 Å². The molecule has 114 valence electrons. The van der Waals surface area contributed by atoms with Gasteiger partial charge in [0.1, 0.15) is 5.00 Å². The molecule has 1 aromatic heterocycles. The van der Waals surface area contributed by atoms with Crippen molar-refractivity contribution in [3.05, 3.63) is 51.4 Å². The molecule has 22 heavy (non-hydrogen) atoms. The number of amides is 2. The van der Waals surface area contributed by atoms with Crippen LogP contribution in [0.4, 0.5) is 10.7 Å². The van der Waals surface area contributed by atoms with Gasteiger partial charge in [0.2, 0.25) is 5.91 Å². The zero-order valence-electron chi connectivity index (χ0n) is 11.1. The van der Waals surface area contributed by atoms with E-state index in [2.05, 4.69) is 5.32 Å². The molecule has 1 aromatic carbocycles. The number of nitrogens with one attached hydrogen (secondary N) is 1. The van der Waals surface area contributed by atoms with Crippen molar-refractivity contribution in [2.75, 3.05) is 11.1 Å². The third kappa shape index (κ3) is 4.06. The zero-order valence-corrected chi connectivity index (χ0v) is 12.8. The number of benzene rings is 1. The molecule has 0 unspecified atom stereocenters. The number of carbonyl (C=O) groups excluding carboxylic acids is 2. The van der Waals surface area contributed by atoms with Crippen molar-refractivity contribution in [3.63, 3.8) is 0 Å². The van der Waals surface area contributed by atoms with Crippen molar-refractivity contribution in [1.29, 1.82) is 0 Å². The highest BCUT2D eigenvalue weighted by molar-refractivity contribution is 8.00. The molecule has 0 aliphatic rings. The van der Waals surface area contributed by atoms with Gasteiger partial charge in [-0.25, -0.2) is 0 Å². The second kappa shape index (κ2) is 7.05. The number of nitro groups is 1. The zero-order chi connectivity index (χ0) is 16.1. The van der Waals surface area contributed by atoms with Crippen LogP contribution in [0.5, 0.6) is 0 Å². The lowest BCUT2D eigenvalue weighted by molar-refractivity contribution is -0.384. The van der Waals surface area contributed by atoms with E-state index in [1.807, 2.05) is 0 Å². The van der Waals surface area contributed by atoms with Gasteiger partial charge in [-0.05, 0) is 23.6 Å². The molecular formula is C13H11N3O4S2. The number of nitrogens with two attached hydrogens (primary N) is 1. The Labute approximate surface area is 133 Å². The van der Waals surface area contributed by atoms with E-state index in [1.54, 1.807) is 23.6 Å². The van der Waals surface area contributed by atoms with Gasteiger partial charge in [-0.3, -0.25) is 19.7 Å². The maximum atomic E-state index is 11.8. The van der Waals surface area contributed by atoms with E-state index < -0.39 is 10.8 Å². The molecule has 0 saturated heterocycles. The van der Waals surface area contributed by atoms with Crippen LogP contribution in [0.2, 0.25) is 0 Å². The highest BCUT2D eigenvalue weighted by Gasteiger charge is 2.13. The van der Waals surface area contributed by atoms with Gasteiger partial charge in [-0.1, -0.05) is 0 Å². The van der Waals surface area contributed by atoms with Crippen LogP contribution in [-0.4, -0.2) is 22.5 Å². The van der Waals surface area contributed by atoms with Crippen LogP contribution < -0.4 is 11.1 Å². The first-order valence-corrected chi connectivity index (χ1v) is 7.88. The average Bonchev–Trinajstić information content (AvgIpc) is 2.94. The number of hydrogen-bond acceptors (Lipinski definition) is 6. The third-order valence-electron chi connectivity index (χ3n) is 2.60. The Balaban J connectivity index is 1.91. The maximum absolute atomic E-state index is 11.8. The predicted octanol–water partition coefficient (Wildman–Crippen LogP) is 2.49. The van der Waals surface area contributed by atoms with E-state index in [-0.39, 0.29) is 22.9 Å². The van der Waals surface area contributed by atoms with Gasteiger partial charge < -0.3 is 11.1 Å². The number of thiophene rings is 1. The highest BCUT2D eigenvalue weighted by Crippen LogP contribution is 2.24. The van der Waals surface area contributed by atoms with Crippen molar-refractivity contribution < 1.29 is 14.5 Å². The Hall–Kier alpha value is -2.39. The largest absolute Gasteiger partial charge is 0.366 e. The summed E-state index contributed by atoms with van der Waals surface area (Å²) in [5.41, 5.74) is 5.47. The molecule has 7 nitrogen and oxygen atoms in total. The second-order valence-electron chi connectivity index (χ2n) is 4.12. The smallest absolute Gasteiger partial charge is 0.269 e. The summed E-state index contributed by atoms with van der Waals surface area (Å²) in [6.45, 7) is 0. The Morgan fingerprint density at radius 2 is 1.95 bits per heavy atom. The van der Waals surface area contributed by atoms with Crippen LogP contribution in [0.15, 0.2) is 40.6 Å². The standard InChI is InChI=1S/C13H11N3O4S2/c14-12(18)10-5-6-21-13(10)15-11(17)7-22-9-3-1-8(2-4-9)16(19)20/h1-6H,7H2,(H2,14,18)(H,15,17). The Bertz CT molecular complexity index is 712. The Kier molecular flexibility index (Phi) is 5.12. The normalized spacial score (nSPS) is 10.2. The number of hydrogen-bond donors (Lipinski definition) is 2. The van der Waals surface area contributed by atoms with Crippen LogP contribution in [0.1, 0.15) is 10.4 Å². The molecule has 9 heteroatoms. The van der Waals surface area contributed by atoms with E-state index in [0.29, 0.717) is 5.00 Å². The molecule has 1 heterocycles. The Morgan fingerprint density at radius 1 is 1.27 bits per heavy atom. The van der Waals surface area contributed by atoms with E-state index in [9.17, 15) is 19.7 Å². The number of primary amides is 1. The van der Waals surface area contributed by atoms with Gasteiger partial charge in [-0.2, -0.15) is 0 Å². The molecule has 0 saturated carbocycles.